The second kappa shape index (κ2) is 11.6. The van der Waals surface area contributed by atoms with Crippen LogP contribution in [0.25, 0.3) is 5.69 Å². The number of nitrogens with one attached hydrogen (secondary N) is 1. The van der Waals surface area contributed by atoms with Gasteiger partial charge in [-0.1, -0.05) is 32.0 Å². The summed E-state index contributed by atoms with van der Waals surface area (Å²) < 4.78 is 2.07. The number of aromatic nitrogens is 2. The molecular weight excluding hydrogens is 404 g/mol. The van der Waals surface area contributed by atoms with E-state index in [4.69, 9.17) is 17.3 Å². The number of hydrogen-bond donors (Lipinski definition) is 1. The third-order valence-electron chi connectivity index (χ3n) is 6.30. The van der Waals surface area contributed by atoms with Crippen molar-refractivity contribution in [3.63, 3.8) is 0 Å². The first-order valence-corrected chi connectivity index (χ1v) is 12.0. The Morgan fingerprint density at radius 3 is 2.39 bits per heavy atom. The highest BCUT2D eigenvalue weighted by Gasteiger charge is 2.21. The molecule has 2 heterocycles. The number of thiocarbonyl (C=S) groups is 1. The van der Waals surface area contributed by atoms with Gasteiger partial charge in [0.1, 0.15) is 0 Å². The zero-order valence-electron chi connectivity index (χ0n) is 19.6. The van der Waals surface area contributed by atoms with Gasteiger partial charge < -0.3 is 15.1 Å². The van der Waals surface area contributed by atoms with Crippen LogP contribution < -0.4 is 5.32 Å². The monoisotopic (exact) mass is 442 g/mol. The van der Waals surface area contributed by atoms with Gasteiger partial charge >= 0.3 is 0 Å². The Bertz CT molecular complexity index is 822. The van der Waals surface area contributed by atoms with Gasteiger partial charge in [0.2, 0.25) is 0 Å². The molecular formula is C24H38N6S. The number of aryl methyl sites for hydroxylation is 1. The molecule has 2 aromatic rings. The van der Waals surface area contributed by atoms with Gasteiger partial charge in [0.25, 0.3) is 0 Å². The van der Waals surface area contributed by atoms with E-state index < -0.39 is 0 Å². The van der Waals surface area contributed by atoms with Gasteiger partial charge in [-0.15, -0.1) is 0 Å². The quantitative estimate of drug-likeness (QED) is 0.475. The Hall–Kier alpha value is -1.96. The number of nitrogens with zero attached hydrogens (tertiary/aromatic N) is 5. The lowest BCUT2D eigenvalue weighted by molar-refractivity contribution is 0.174. The van der Waals surface area contributed by atoms with E-state index in [1.165, 1.54) is 11.3 Å². The smallest absolute Gasteiger partial charge is 0.169 e. The van der Waals surface area contributed by atoms with Crippen LogP contribution in [0.15, 0.2) is 30.3 Å². The van der Waals surface area contributed by atoms with Crippen molar-refractivity contribution in [2.75, 3.05) is 52.4 Å². The van der Waals surface area contributed by atoms with E-state index in [1.54, 1.807) is 0 Å². The molecule has 1 N–H and O–H groups in total. The minimum absolute atomic E-state index is 0.906. The van der Waals surface area contributed by atoms with Gasteiger partial charge in [-0.25, -0.2) is 4.68 Å². The molecule has 1 saturated heterocycles. The molecule has 0 saturated carbocycles. The maximum Gasteiger partial charge on any atom is 0.169 e. The highest BCUT2D eigenvalue weighted by molar-refractivity contribution is 7.80. The standard InChI is InChI=1S/C24H38N6S/c1-5-27(6-2)14-10-13-25-24(31)29-17-15-28(16-18-29)19-23-20(3)26-30(21(23)4)22-11-8-7-9-12-22/h7-9,11-12H,5-6,10,13-19H2,1-4H3,(H,25,31). The first-order valence-electron chi connectivity index (χ1n) is 11.6. The summed E-state index contributed by atoms with van der Waals surface area (Å²) in [6.07, 6.45) is 1.13. The molecule has 0 radical (unpaired) electrons. The summed E-state index contributed by atoms with van der Waals surface area (Å²) in [7, 11) is 0. The van der Waals surface area contributed by atoms with Crippen molar-refractivity contribution in [1.29, 1.82) is 0 Å². The second-order valence-corrected chi connectivity index (χ2v) is 8.66. The fourth-order valence-corrected chi connectivity index (χ4v) is 4.49. The van der Waals surface area contributed by atoms with Crippen LogP contribution in [0.5, 0.6) is 0 Å². The first-order chi connectivity index (χ1) is 15.0. The van der Waals surface area contributed by atoms with Crippen molar-refractivity contribution in [3.05, 3.63) is 47.3 Å². The lowest BCUT2D eigenvalue weighted by Crippen LogP contribution is -2.51. The zero-order valence-corrected chi connectivity index (χ0v) is 20.4. The average molecular weight is 443 g/mol. The Balaban J connectivity index is 1.46. The van der Waals surface area contributed by atoms with Crippen LogP contribution in [0.3, 0.4) is 0 Å². The molecule has 0 amide bonds. The van der Waals surface area contributed by atoms with E-state index in [1.807, 2.05) is 6.07 Å². The van der Waals surface area contributed by atoms with E-state index in [9.17, 15) is 0 Å². The minimum Gasteiger partial charge on any atom is -0.363 e. The van der Waals surface area contributed by atoms with Crippen molar-refractivity contribution in [2.24, 2.45) is 0 Å². The number of para-hydroxylation sites is 1. The topological polar surface area (TPSA) is 39.6 Å². The highest BCUT2D eigenvalue weighted by atomic mass is 32.1. The molecule has 7 heteroatoms. The summed E-state index contributed by atoms with van der Waals surface area (Å²) in [5.74, 6) is 0. The maximum absolute atomic E-state index is 5.65. The number of benzene rings is 1. The minimum atomic E-state index is 0.906. The van der Waals surface area contributed by atoms with E-state index >= 15 is 0 Å². The van der Waals surface area contributed by atoms with Crippen molar-refractivity contribution in [3.8, 4) is 5.69 Å². The van der Waals surface area contributed by atoms with Gasteiger partial charge in [0.15, 0.2) is 5.11 Å². The van der Waals surface area contributed by atoms with Crippen LogP contribution in [0, 0.1) is 13.8 Å². The molecule has 1 fully saturated rings. The van der Waals surface area contributed by atoms with Gasteiger partial charge in [0, 0.05) is 50.5 Å². The molecule has 0 unspecified atom stereocenters. The normalized spacial score (nSPS) is 14.9. The third kappa shape index (κ3) is 6.28. The Labute approximate surface area is 193 Å². The highest BCUT2D eigenvalue weighted by Crippen LogP contribution is 2.20. The maximum atomic E-state index is 5.65. The lowest BCUT2D eigenvalue weighted by atomic mass is 10.1. The van der Waals surface area contributed by atoms with Crippen LogP contribution in [0.2, 0.25) is 0 Å². The zero-order chi connectivity index (χ0) is 22.2. The lowest BCUT2D eigenvalue weighted by Gasteiger charge is -2.36. The summed E-state index contributed by atoms with van der Waals surface area (Å²) in [5, 5.41) is 9.17. The SMILES string of the molecule is CCN(CC)CCCNC(=S)N1CCN(Cc2c(C)nn(-c3ccccc3)c2C)CC1. The summed E-state index contributed by atoms with van der Waals surface area (Å²) in [5.41, 5.74) is 4.82. The Kier molecular flexibility index (Phi) is 8.87. The molecule has 31 heavy (non-hydrogen) atoms. The van der Waals surface area contributed by atoms with E-state index in [0.717, 1.165) is 81.8 Å². The molecule has 0 bridgehead atoms. The molecule has 0 spiro atoms. The van der Waals surface area contributed by atoms with Crippen molar-refractivity contribution in [2.45, 2.75) is 40.7 Å². The Morgan fingerprint density at radius 1 is 1.06 bits per heavy atom. The molecule has 0 aliphatic carbocycles. The molecule has 0 atom stereocenters. The van der Waals surface area contributed by atoms with E-state index in [-0.39, 0.29) is 0 Å². The van der Waals surface area contributed by atoms with Gasteiger partial charge in [-0.05, 0) is 64.3 Å². The third-order valence-corrected chi connectivity index (χ3v) is 6.71. The largest absolute Gasteiger partial charge is 0.363 e. The number of rotatable bonds is 9. The summed E-state index contributed by atoms with van der Waals surface area (Å²) >= 11 is 5.65. The van der Waals surface area contributed by atoms with Gasteiger partial charge in [-0.2, -0.15) is 5.10 Å². The van der Waals surface area contributed by atoms with Crippen LogP contribution in [0.1, 0.15) is 37.2 Å². The Morgan fingerprint density at radius 2 is 1.74 bits per heavy atom. The molecule has 1 aliphatic rings. The van der Waals surface area contributed by atoms with Gasteiger partial charge in [-0.3, -0.25) is 4.90 Å². The fourth-order valence-electron chi connectivity index (χ4n) is 4.21. The molecule has 6 nitrogen and oxygen atoms in total. The van der Waals surface area contributed by atoms with Crippen LogP contribution >= 0.6 is 12.2 Å². The van der Waals surface area contributed by atoms with E-state index in [0.29, 0.717) is 0 Å². The summed E-state index contributed by atoms with van der Waals surface area (Å²) in [6.45, 7) is 18.0. The molecule has 3 rings (SSSR count). The van der Waals surface area contributed by atoms with Crippen molar-refractivity contribution < 1.29 is 0 Å². The molecule has 1 aromatic heterocycles. The predicted molar refractivity (Wildman–Crippen MR) is 133 cm³/mol. The number of hydrogen-bond acceptors (Lipinski definition) is 4. The van der Waals surface area contributed by atoms with E-state index in [2.05, 4.69) is 76.7 Å². The average Bonchev–Trinajstić information content (AvgIpc) is 3.08. The van der Waals surface area contributed by atoms with Crippen molar-refractivity contribution >= 4 is 17.3 Å². The molecule has 1 aromatic carbocycles. The fraction of sp³-hybridized carbons (Fsp3) is 0.583. The van der Waals surface area contributed by atoms with Crippen LogP contribution in [-0.4, -0.2) is 82.0 Å². The van der Waals surface area contributed by atoms with Crippen LogP contribution in [0.4, 0.5) is 0 Å². The predicted octanol–water partition coefficient (Wildman–Crippen LogP) is 3.21. The first kappa shape index (κ1) is 23.7. The second-order valence-electron chi connectivity index (χ2n) is 8.27. The van der Waals surface area contributed by atoms with Crippen LogP contribution in [-0.2, 0) is 6.54 Å². The van der Waals surface area contributed by atoms with Gasteiger partial charge in [0.05, 0.1) is 11.4 Å². The molecule has 170 valence electrons. The number of piperazine rings is 1. The summed E-state index contributed by atoms with van der Waals surface area (Å²) in [4.78, 5) is 7.29. The summed E-state index contributed by atoms with van der Waals surface area (Å²) in [6, 6.07) is 10.4. The molecule has 1 aliphatic heterocycles. The van der Waals surface area contributed by atoms with Crippen molar-refractivity contribution in [1.82, 2.24) is 29.8 Å².